The summed E-state index contributed by atoms with van der Waals surface area (Å²) >= 11 is 0. The van der Waals surface area contributed by atoms with Crippen LogP contribution in [-0.4, -0.2) is 23.9 Å². The predicted octanol–water partition coefficient (Wildman–Crippen LogP) is 2.84. The first-order valence-corrected chi connectivity index (χ1v) is 5.83. The number of amides is 1. The molecule has 0 radical (unpaired) electrons. The number of benzene rings is 1. The van der Waals surface area contributed by atoms with Gasteiger partial charge in [0.05, 0.1) is 0 Å². The molecule has 0 N–H and O–H groups in total. The lowest BCUT2D eigenvalue weighted by Gasteiger charge is -2.31. The van der Waals surface area contributed by atoms with Crippen LogP contribution in [0, 0.1) is 17.6 Å². The average Bonchev–Trinajstić information content (AvgIpc) is 2.28. The van der Waals surface area contributed by atoms with Crippen molar-refractivity contribution in [2.45, 2.75) is 19.8 Å². The lowest BCUT2D eigenvalue weighted by atomic mass is 9.99. The zero-order valence-electron chi connectivity index (χ0n) is 9.75. The maximum Gasteiger partial charge on any atom is 0.259 e. The molecule has 0 unspecified atom stereocenters. The van der Waals surface area contributed by atoms with Crippen LogP contribution in [0.3, 0.4) is 0 Å². The summed E-state index contributed by atoms with van der Waals surface area (Å²) in [5.74, 6) is -1.71. The van der Waals surface area contributed by atoms with E-state index in [1.165, 1.54) is 11.0 Å². The monoisotopic (exact) mass is 239 g/mol. The van der Waals surface area contributed by atoms with Gasteiger partial charge < -0.3 is 4.90 Å². The molecule has 2 nitrogen and oxygen atoms in total. The normalized spacial score (nSPS) is 20.4. The first-order valence-electron chi connectivity index (χ1n) is 5.83. The van der Waals surface area contributed by atoms with Gasteiger partial charge in [-0.3, -0.25) is 4.79 Å². The Hall–Kier alpha value is -1.45. The summed E-state index contributed by atoms with van der Waals surface area (Å²) in [7, 11) is 0. The number of hydrogen-bond donors (Lipinski definition) is 0. The van der Waals surface area contributed by atoms with Crippen molar-refractivity contribution in [2.24, 2.45) is 5.92 Å². The first-order chi connectivity index (χ1) is 8.09. The second-order valence-electron chi connectivity index (χ2n) is 4.60. The molecular formula is C13H15F2NO. The standard InChI is InChI=1S/C13H15F2NO/c1-9-4-3-7-16(8-9)13(17)12-10(14)5-2-6-11(12)15/h2,5-6,9H,3-4,7-8H2,1H3/t9-/m1/s1. The minimum atomic E-state index is -0.784. The zero-order valence-corrected chi connectivity index (χ0v) is 9.75. The molecule has 1 aliphatic rings. The SMILES string of the molecule is C[C@@H]1CCCN(C(=O)c2c(F)cccc2F)C1. The molecule has 1 aliphatic heterocycles. The summed E-state index contributed by atoms with van der Waals surface area (Å²) in [6.07, 6.45) is 1.95. The van der Waals surface area contributed by atoms with Gasteiger partial charge in [0.15, 0.2) is 0 Å². The van der Waals surface area contributed by atoms with Gasteiger partial charge in [0.25, 0.3) is 5.91 Å². The van der Waals surface area contributed by atoms with E-state index in [2.05, 4.69) is 0 Å². The number of hydrogen-bond acceptors (Lipinski definition) is 1. The van der Waals surface area contributed by atoms with Crippen LogP contribution in [-0.2, 0) is 0 Å². The third-order valence-corrected chi connectivity index (χ3v) is 3.12. The van der Waals surface area contributed by atoms with Crippen molar-refractivity contribution >= 4 is 5.91 Å². The van der Waals surface area contributed by atoms with E-state index in [0.29, 0.717) is 19.0 Å². The predicted molar refractivity (Wildman–Crippen MR) is 60.7 cm³/mol. The quantitative estimate of drug-likeness (QED) is 0.738. The summed E-state index contributed by atoms with van der Waals surface area (Å²) in [4.78, 5) is 13.6. The molecule has 1 fully saturated rings. The Morgan fingerprint density at radius 1 is 1.35 bits per heavy atom. The van der Waals surface area contributed by atoms with Crippen LogP contribution in [0.5, 0.6) is 0 Å². The van der Waals surface area contributed by atoms with Crippen LogP contribution in [0.15, 0.2) is 18.2 Å². The van der Waals surface area contributed by atoms with Crippen LogP contribution < -0.4 is 0 Å². The highest BCUT2D eigenvalue weighted by molar-refractivity contribution is 5.94. The lowest BCUT2D eigenvalue weighted by molar-refractivity contribution is 0.0673. The first kappa shape index (κ1) is 12.0. The molecule has 1 saturated heterocycles. The topological polar surface area (TPSA) is 20.3 Å². The van der Waals surface area contributed by atoms with Crippen molar-refractivity contribution in [3.05, 3.63) is 35.4 Å². The Kier molecular flexibility index (Phi) is 3.41. The molecule has 0 spiro atoms. The van der Waals surface area contributed by atoms with E-state index in [4.69, 9.17) is 0 Å². The van der Waals surface area contributed by atoms with Crippen molar-refractivity contribution < 1.29 is 13.6 Å². The lowest BCUT2D eigenvalue weighted by Crippen LogP contribution is -2.39. The highest BCUT2D eigenvalue weighted by Gasteiger charge is 2.26. The molecule has 1 amide bonds. The van der Waals surface area contributed by atoms with E-state index in [1.54, 1.807) is 0 Å². The molecule has 1 heterocycles. The number of carbonyl (C=O) groups excluding carboxylic acids is 1. The Balaban J connectivity index is 2.24. The third kappa shape index (κ3) is 2.46. The molecule has 1 atom stereocenters. The Morgan fingerprint density at radius 2 is 2.00 bits per heavy atom. The molecule has 1 aromatic rings. The molecule has 0 bridgehead atoms. The van der Waals surface area contributed by atoms with E-state index >= 15 is 0 Å². The molecule has 0 saturated carbocycles. The van der Waals surface area contributed by atoms with E-state index in [0.717, 1.165) is 25.0 Å². The van der Waals surface area contributed by atoms with E-state index in [1.807, 2.05) is 6.92 Å². The maximum absolute atomic E-state index is 13.5. The van der Waals surface area contributed by atoms with Crippen molar-refractivity contribution in [3.63, 3.8) is 0 Å². The minimum absolute atomic E-state index is 0.391. The largest absolute Gasteiger partial charge is 0.338 e. The van der Waals surface area contributed by atoms with Gasteiger partial charge in [-0.1, -0.05) is 13.0 Å². The van der Waals surface area contributed by atoms with Crippen molar-refractivity contribution in [1.29, 1.82) is 0 Å². The second-order valence-corrected chi connectivity index (χ2v) is 4.60. The van der Waals surface area contributed by atoms with Gasteiger partial charge in [0, 0.05) is 13.1 Å². The number of piperidine rings is 1. The smallest absolute Gasteiger partial charge is 0.259 e. The number of nitrogens with zero attached hydrogens (tertiary/aromatic N) is 1. The molecule has 4 heteroatoms. The average molecular weight is 239 g/mol. The molecule has 0 aliphatic carbocycles. The van der Waals surface area contributed by atoms with E-state index < -0.39 is 23.1 Å². The van der Waals surface area contributed by atoms with Crippen LogP contribution >= 0.6 is 0 Å². The number of rotatable bonds is 1. The highest BCUT2D eigenvalue weighted by Crippen LogP contribution is 2.20. The van der Waals surface area contributed by atoms with E-state index in [-0.39, 0.29) is 0 Å². The van der Waals surface area contributed by atoms with Gasteiger partial charge in [0.2, 0.25) is 0 Å². The Morgan fingerprint density at radius 3 is 2.59 bits per heavy atom. The van der Waals surface area contributed by atoms with Crippen LogP contribution in [0.25, 0.3) is 0 Å². The summed E-state index contributed by atoms with van der Waals surface area (Å²) in [5, 5.41) is 0. The van der Waals surface area contributed by atoms with Gasteiger partial charge in [-0.2, -0.15) is 0 Å². The zero-order chi connectivity index (χ0) is 12.4. The molecule has 1 aromatic carbocycles. The van der Waals surface area contributed by atoms with Gasteiger partial charge in [-0.05, 0) is 30.9 Å². The number of carbonyl (C=O) groups is 1. The molecule has 2 rings (SSSR count). The molecule has 92 valence electrons. The van der Waals surface area contributed by atoms with Crippen molar-refractivity contribution in [1.82, 2.24) is 4.90 Å². The molecule has 0 aromatic heterocycles. The van der Waals surface area contributed by atoms with Gasteiger partial charge in [-0.15, -0.1) is 0 Å². The van der Waals surface area contributed by atoms with Crippen LogP contribution in [0.2, 0.25) is 0 Å². The molecular weight excluding hydrogens is 224 g/mol. The van der Waals surface area contributed by atoms with Crippen molar-refractivity contribution in [2.75, 3.05) is 13.1 Å². The molecule has 17 heavy (non-hydrogen) atoms. The summed E-state index contributed by atoms with van der Waals surface area (Å²) < 4.78 is 26.9. The number of halogens is 2. The summed E-state index contributed by atoms with van der Waals surface area (Å²) in [6.45, 7) is 3.20. The Labute approximate surface area is 99.2 Å². The number of likely N-dealkylation sites (tertiary alicyclic amines) is 1. The highest BCUT2D eigenvalue weighted by atomic mass is 19.1. The third-order valence-electron chi connectivity index (χ3n) is 3.12. The minimum Gasteiger partial charge on any atom is -0.338 e. The Bertz CT molecular complexity index is 413. The summed E-state index contributed by atoms with van der Waals surface area (Å²) in [5.41, 5.74) is -0.429. The van der Waals surface area contributed by atoms with Gasteiger partial charge >= 0.3 is 0 Å². The van der Waals surface area contributed by atoms with Gasteiger partial charge in [0.1, 0.15) is 17.2 Å². The van der Waals surface area contributed by atoms with Crippen LogP contribution in [0.4, 0.5) is 8.78 Å². The van der Waals surface area contributed by atoms with Crippen LogP contribution in [0.1, 0.15) is 30.1 Å². The fourth-order valence-corrected chi connectivity index (χ4v) is 2.23. The van der Waals surface area contributed by atoms with Crippen molar-refractivity contribution in [3.8, 4) is 0 Å². The summed E-state index contributed by atoms with van der Waals surface area (Å²) in [6, 6.07) is 3.49. The van der Waals surface area contributed by atoms with E-state index in [9.17, 15) is 13.6 Å². The second kappa shape index (κ2) is 4.82. The fraction of sp³-hybridized carbons (Fsp3) is 0.462. The maximum atomic E-state index is 13.5. The fourth-order valence-electron chi connectivity index (χ4n) is 2.23. The van der Waals surface area contributed by atoms with Gasteiger partial charge in [-0.25, -0.2) is 8.78 Å².